The molecule has 3 rings (SSSR count). The Kier molecular flexibility index (Phi) is 4.65. The van der Waals surface area contributed by atoms with E-state index in [1.165, 1.54) is 11.3 Å². The second-order valence-electron chi connectivity index (χ2n) is 5.87. The Morgan fingerprint density at radius 1 is 1.39 bits per heavy atom. The third kappa shape index (κ3) is 3.72. The van der Waals surface area contributed by atoms with E-state index in [0.717, 1.165) is 29.3 Å². The molecule has 0 aliphatic carbocycles. The average Bonchev–Trinajstić information content (AvgIpc) is 3.09. The number of carbonyl (C=O) groups is 2. The SMILES string of the molecule is CCc1nnc(CNC(=O)N2CCC[C@@]3(CC2)CNC(=O)O3)s1. The number of hydrogen-bond acceptors (Lipinski definition) is 6. The van der Waals surface area contributed by atoms with E-state index in [2.05, 4.69) is 20.8 Å². The number of aromatic nitrogens is 2. The van der Waals surface area contributed by atoms with Crippen LogP contribution in [0.5, 0.6) is 0 Å². The van der Waals surface area contributed by atoms with Crippen molar-refractivity contribution in [3.05, 3.63) is 10.0 Å². The van der Waals surface area contributed by atoms with Gasteiger partial charge in [0.1, 0.15) is 15.6 Å². The molecule has 0 radical (unpaired) electrons. The average molecular weight is 339 g/mol. The minimum atomic E-state index is -0.443. The van der Waals surface area contributed by atoms with Gasteiger partial charge in [-0.3, -0.25) is 0 Å². The summed E-state index contributed by atoms with van der Waals surface area (Å²) >= 11 is 1.52. The van der Waals surface area contributed by atoms with Crippen LogP contribution in [0.1, 0.15) is 36.2 Å². The molecule has 0 aromatic carbocycles. The molecule has 2 saturated heterocycles. The normalized spacial score (nSPS) is 24.2. The Balaban J connectivity index is 1.51. The van der Waals surface area contributed by atoms with Crippen LogP contribution in [-0.2, 0) is 17.7 Å². The van der Waals surface area contributed by atoms with Crippen LogP contribution < -0.4 is 10.6 Å². The highest BCUT2D eigenvalue weighted by Crippen LogP contribution is 2.29. The second kappa shape index (κ2) is 6.69. The number of ether oxygens (including phenoxy) is 1. The molecule has 2 aliphatic heterocycles. The van der Waals surface area contributed by atoms with Gasteiger partial charge >= 0.3 is 12.1 Å². The first-order valence-corrected chi connectivity index (χ1v) is 8.73. The van der Waals surface area contributed by atoms with Crippen LogP contribution in [0.15, 0.2) is 0 Å². The van der Waals surface area contributed by atoms with Crippen molar-refractivity contribution in [1.82, 2.24) is 25.7 Å². The Bertz CT molecular complexity index is 593. The Morgan fingerprint density at radius 2 is 2.22 bits per heavy atom. The zero-order chi connectivity index (χ0) is 16.3. The maximum absolute atomic E-state index is 12.3. The highest BCUT2D eigenvalue weighted by atomic mass is 32.1. The van der Waals surface area contributed by atoms with Crippen LogP contribution >= 0.6 is 11.3 Å². The summed E-state index contributed by atoms with van der Waals surface area (Å²) in [5.41, 5.74) is -0.443. The number of aryl methyl sites for hydroxylation is 1. The number of hydrogen-bond donors (Lipinski definition) is 2. The lowest BCUT2D eigenvalue weighted by Gasteiger charge is -2.25. The lowest BCUT2D eigenvalue weighted by Crippen LogP contribution is -2.41. The van der Waals surface area contributed by atoms with Crippen LogP contribution in [0.4, 0.5) is 9.59 Å². The molecule has 2 aliphatic rings. The molecule has 1 aromatic heterocycles. The van der Waals surface area contributed by atoms with Crippen molar-refractivity contribution in [3.8, 4) is 0 Å². The molecule has 3 amide bonds. The summed E-state index contributed by atoms with van der Waals surface area (Å²) < 4.78 is 5.42. The van der Waals surface area contributed by atoms with Crippen LogP contribution in [0.2, 0.25) is 0 Å². The summed E-state index contributed by atoms with van der Waals surface area (Å²) in [6.45, 7) is 4.21. The fourth-order valence-corrected chi connectivity index (χ4v) is 3.64. The monoisotopic (exact) mass is 339 g/mol. The lowest BCUT2D eigenvalue weighted by atomic mass is 9.95. The fraction of sp³-hybridized carbons (Fsp3) is 0.714. The molecule has 0 unspecified atom stereocenters. The predicted molar refractivity (Wildman–Crippen MR) is 84.2 cm³/mol. The number of amides is 3. The topological polar surface area (TPSA) is 96.5 Å². The van der Waals surface area contributed by atoms with E-state index in [1.807, 2.05) is 6.92 Å². The van der Waals surface area contributed by atoms with Crippen molar-refractivity contribution in [3.63, 3.8) is 0 Å². The van der Waals surface area contributed by atoms with Crippen LogP contribution in [0, 0.1) is 0 Å². The number of alkyl carbamates (subject to hydrolysis) is 1. The molecule has 1 atom stereocenters. The molecule has 2 fully saturated rings. The standard InChI is InChI=1S/C14H21N5O3S/c1-2-10-17-18-11(23-10)8-15-12(20)19-6-3-4-14(5-7-19)9-16-13(21)22-14/h2-9H2,1H3,(H,15,20)(H,16,21)/t14-/m1/s1. The van der Waals surface area contributed by atoms with Gasteiger partial charge in [0, 0.05) is 19.5 Å². The van der Waals surface area contributed by atoms with E-state index in [4.69, 9.17) is 4.74 Å². The molecule has 1 spiro atoms. The minimum Gasteiger partial charge on any atom is -0.441 e. The third-order valence-corrected chi connectivity index (χ3v) is 5.32. The molecule has 1 aromatic rings. The molecular weight excluding hydrogens is 318 g/mol. The van der Waals surface area contributed by atoms with Gasteiger partial charge in [0.2, 0.25) is 0 Å². The molecule has 9 heteroatoms. The van der Waals surface area contributed by atoms with Crippen LogP contribution in [-0.4, -0.2) is 52.5 Å². The fourth-order valence-electron chi connectivity index (χ4n) is 2.92. The molecule has 3 heterocycles. The van der Waals surface area contributed by atoms with Gasteiger partial charge in [0.05, 0.1) is 13.1 Å². The first kappa shape index (κ1) is 16.0. The van der Waals surface area contributed by atoms with E-state index in [0.29, 0.717) is 32.6 Å². The highest BCUT2D eigenvalue weighted by molar-refractivity contribution is 7.11. The van der Waals surface area contributed by atoms with Crippen molar-refractivity contribution in [2.75, 3.05) is 19.6 Å². The molecule has 0 saturated carbocycles. The summed E-state index contributed by atoms with van der Waals surface area (Å²) in [4.78, 5) is 25.4. The number of likely N-dealkylation sites (tertiary alicyclic amines) is 1. The first-order valence-electron chi connectivity index (χ1n) is 7.91. The van der Waals surface area contributed by atoms with Gasteiger partial charge in [-0.05, 0) is 19.3 Å². The van der Waals surface area contributed by atoms with Gasteiger partial charge < -0.3 is 20.3 Å². The Labute approximate surface area is 138 Å². The molecular formula is C14H21N5O3S. The van der Waals surface area contributed by atoms with Crippen molar-refractivity contribution in [1.29, 1.82) is 0 Å². The van der Waals surface area contributed by atoms with Crippen molar-refractivity contribution < 1.29 is 14.3 Å². The van der Waals surface area contributed by atoms with Crippen LogP contribution in [0.3, 0.4) is 0 Å². The third-order valence-electron chi connectivity index (χ3n) is 4.25. The highest BCUT2D eigenvalue weighted by Gasteiger charge is 2.41. The predicted octanol–water partition coefficient (Wildman–Crippen LogP) is 1.27. The second-order valence-corrected chi connectivity index (χ2v) is 7.02. The van der Waals surface area contributed by atoms with Gasteiger partial charge in [0.25, 0.3) is 0 Å². The van der Waals surface area contributed by atoms with E-state index >= 15 is 0 Å². The zero-order valence-corrected chi connectivity index (χ0v) is 13.9. The quantitative estimate of drug-likeness (QED) is 0.864. The maximum Gasteiger partial charge on any atom is 0.407 e. The van der Waals surface area contributed by atoms with E-state index in [9.17, 15) is 9.59 Å². The van der Waals surface area contributed by atoms with Crippen molar-refractivity contribution in [2.45, 2.75) is 44.8 Å². The smallest absolute Gasteiger partial charge is 0.407 e. The van der Waals surface area contributed by atoms with E-state index < -0.39 is 5.60 Å². The Hall–Kier alpha value is -1.90. The minimum absolute atomic E-state index is 0.104. The lowest BCUT2D eigenvalue weighted by molar-refractivity contribution is 0.0453. The van der Waals surface area contributed by atoms with Gasteiger partial charge in [-0.2, -0.15) is 0 Å². The molecule has 8 nitrogen and oxygen atoms in total. The summed E-state index contributed by atoms with van der Waals surface area (Å²) in [6, 6.07) is -0.104. The zero-order valence-electron chi connectivity index (χ0n) is 13.1. The van der Waals surface area contributed by atoms with Gasteiger partial charge in [0.15, 0.2) is 0 Å². The largest absolute Gasteiger partial charge is 0.441 e. The number of nitrogens with zero attached hydrogens (tertiary/aromatic N) is 3. The van der Waals surface area contributed by atoms with E-state index in [-0.39, 0.29) is 12.1 Å². The summed E-state index contributed by atoms with van der Waals surface area (Å²) in [5.74, 6) is 0. The molecule has 23 heavy (non-hydrogen) atoms. The van der Waals surface area contributed by atoms with Gasteiger partial charge in [-0.15, -0.1) is 10.2 Å². The van der Waals surface area contributed by atoms with Crippen molar-refractivity contribution in [2.24, 2.45) is 0 Å². The maximum atomic E-state index is 12.3. The molecule has 2 N–H and O–H groups in total. The molecule has 0 bridgehead atoms. The van der Waals surface area contributed by atoms with Gasteiger partial charge in [-0.1, -0.05) is 18.3 Å². The number of carbonyl (C=O) groups excluding carboxylic acids is 2. The summed E-state index contributed by atoms with van der Waals surface area (Å²) in [7, 11) is 0. The summed E-state index contributed by atoms with van der Waals surface area (Å²) in [6.07, 6.45) is 2.77. The van der Waals surface area contributed by atoms with Crippen LogP contribution in [0.25, 0.3) is 0 Å². The van der Waals surface area contributed by atoms with E-state index in [1.54, 1.807) is 4.90 Å². The van der Waals surface area contributed by atoms with Crippen molar-refractivity contribution >= 4 is 23.5 Å². The molecule has 126 valence electrons. The number of nitrogens with one attached hydrogen (secondary N) is 2. The van der Waals surface area contributed by atoms with Gasteiger partial charge in [-0.25, -0.2) is 9.59 Å². The first-order chi connectivity index (χ1) is 11.1. The number of urea groups is 1. The number of rotatable bonds is 3. The Morgan fingerprint density at radius 3 is 2.91 bits per heavy atom. The summed E-state index contributed by atoms with van der Waals surface area (Å²) in [5, 5.41) is 15.5.